The van der Waals surface area contributed by atoms with Crippen LogP contribution < -0.4 is 10.6 Å². The average Bonchev–Trinajstić information content (AvgIpc) is 2.53. The van der Waals surface area contributed by atoms with E-state index in [0.29, 0.717) is 5.56 Å². The van der Waals surface area contributed by atoms with Crippen LogP contribution in [0.3, 0.4) is 0 Å². The van der Waals surface area contributed by atoms with Crippen LogP contribution >= 0.6 is 0 Å². The van der Waals surface area contributed by atoms with E-state index in [-0.39, 0.29) is 0 Å². The van der Waals surface area contributed by atoms with Gasteiger partial charge in [0.2, 0.25) is 0 Å². The minimum Gasteiger partial charge on any atom is -0.449 e. The normalized spacial score (nSPS) is 11.5. The molecule has 0 aliphatic heterocycles. The van der Waals surface area contributed by atoms with Gasteiger partial charge in [0, 0.05) is 7.05 Å². The van der Waals surface area contributed by atoms with Crippen LogP contribution in [0.4, 0.5) is 4.79 Å². The summed E-state index contributed by atoms with van der Waals surface area (Å²) < 4.78 is 5.12. The molecule has 0 saturated heterocycles. The maximum absolute atomic E-state index is 12.2. The predicted octanol–water partition coefficient (Wildman–Crippen LogP) is 1.84. The summed E-state index contributed by atoms with van der Waals surface area (Å²) in [6.45, 7) is 1.40. The molecule has 22 heavy (non-hydrogen) atoms. The Bertz CT molecular complexity index is 722. The summed E-state index contributed by atoms with van der Waals surface area (Å²) in [4.78, 5) is 35.0. The second-order valence-corrected chi connectivity index (χ2v) is 4.64. The lowest BCUT2D eigenvalue weighted by Crippen LogP contribution is -2.43. The summed E-state index contributed by atoms with van der Waals surface area (Å²) in [7, 11) is 1.38. The number of amides is 3. The highest BCUT2D eigenvalue weighted by atomic mass is 16.5. The second kappa shape index (κ2) is 6.71. The molecule has 0 heterocycles. The van der Waals surface area contributed by atoms with E-state index in [1.54, 1.807) is 18.2 Å². The molecule has 0 aliphatic carbocycles. The van der Waals surface area contributed by atoms with E-state index in [1.807, 2.05) is 24.3 Å². The second-order valence-electron chi connectivity index (χ2n) is 4.64. The van der Waals surface area contributed by atoms with Crippen LogP contribution in [0.5, 0.6) is 0 Å². The number of hydrogen-bond acceptors (Lipinski definition) is 4. The van der Waals surface area contributed by atoms with E-state index in [4.69, 9.17) is 4.74 Å². The Kier molecular flexibility index (Phi) is 4.73. The number of imide groups is 1. The van der Waals surface area contributed by atoms with Gasteiger partial charge in [-0.15, -0.1) is 0 Å². The molecular formula is C16H16N2O4. The van der Waals surface area contributed by atoms with Crippen molar-refractivity contribution in [2.75, 3.05) is 7.05 Å². The van der Waals surface area contributed by atoms with Crippen LogP contribution in [-0.2, 0) is 9.53 Å². The Morgan fingerprint density at radius 2 is 1.73 bits per heavy atom. The van der Waals surface area contributed by atoms with Crippen molar-refractivity contribution in [3.05, 3.63) is 48.0 Å². The van der Waals surface area contributed by atoms with Crippen molar-refractivity contribution in [2.24, 2.45) is 0 Å². The first kappa shape index (κ1) is 15.5. The molecule has 114 valence electrons. The molecular weight excluding hydrogens is 284 g/mol. The van der Waals surface area contributed by atoms with Crippen molar-refractivity contribution in [1.82, 2.24) is 10.6 Å². The van der Waals surface area contributed by atoms with Gasteiger partial charge in [0.05, 0.1) is 5.56 Å². The van der Waals surface area contributed by atoms with Gasteiger partial charge in [0.15, 0.2) is 6.10 Å². The van der Waals surface area contributed by atoms with Crippen molar-refractivity contribution in [2.45, 2.75) is 13.0 Å². The highest BCUT2D eigenvalue weighted by molar-refractivity contribution is 6.05. The Labute approximate surface area is 127 Å². The number of carbonyl (C=O) groups excluding carboxylic acids is 3. The summed E-state index contributed by atoms with van der Waals surface area (Å²) >= 11 is 0. The molecule has 0 spiro atoms. The number of carbonyl (C=O) groups is 3. The predicted molar refractivity (Wildman–Crippen MR) is 81.4 cm³/mol. The summed E-state index contributed by atoms with van der Waals surface area (Å²) in [6, 6.07) is 12.0. The van der Waals surface area contributed by atoms with Gasteiger partial charge < -0.3 is 10.1 Å². The molecule has 2 rings (SSSR count). The fraction of sp³-hybridized carbons (Fsp3) is 0.188. The molecule has 3 amide bonds. The highest BCUT2D eigenvalue weighted by Gasteiger charge is 2.21. The van der Waals surface area contributed by atoms with Crippen molar-refractivity contribution in [1.29, 1.82) is 0 Å². The molecule has 1 atom stereocenters. The lowest BCUT2D eigenvalue weighted by Gasteiger charge is -2.13. The topological polar surface area (TPSA) is 84.5 Å². The van der Waals surface area contributed by atoms with Crippen molar-refractivity contribution in [3.8, 4) is 0 Å². The van der Waals surface area contributed by atoms with Crippen molar-refractivity contribution >= 4 is 28.7 Å². The Morgan fingerprint density at radius 3 is 2.45 bits per heavy atom. The van der Waals surface area contributed by atoms with Gasteiger partial charge >= 0.3 is 12.0 Å². The van der Waals surface area contributed by atoms with Crippen LogP contribution in [0, 0.1) is 0 Å². The summed E-state index contributed by atoms with van der Waals surface area (Å²) in [5.41, 5.74) is 0.373. The molecule has 0 aromatic heterocycles. The number of urea groups is 1. The van der Waals surface area contributed by atoms with Gasteiger partial charge in [-0.25, -0.2) is 9.59 Å². The van der Waals surface area contributed by atoms with E-state index in [2.05, 4.69) is 10.6 Å². The van der Waals surface area contributed by atoms with Crippen molar-refractivity contribution < 1.29 is 19.1 Å². The van der Waals surface area contributed by atoms with Crippen LogP contribution in [0.1, 0.15) is 17.3 Å². The third-order valence-corrected chi connectivity index (χ3v) is 3.13. The van der Waals surface area contributed by atoms with Gasteiger partial charge in [-0.3, -0.25) is 10.1 Å². The van der Waals surface area contributed by atoms with Crippen LogP contribution in [-0.4, -0.2) is 31.1 Å². The van der Waals surface area contributed by atoms with E-state index in [9.17, 15) is 14.4 Å². The minimum atomic E-state index is -1.08. The lowest BCUT2D eigenvalue weighted by atomic mass is 10.0. The SMILES string of the molecule is CNC(=O)NC(=O)[C@H](C)OC(=O)c1cccc2ccccc12. The number of hydrogen-bond donors (Lipinski definition) is 2. The van der Waals surface area contributed by atoms with E-state index in [1.165, 1.54) is 14.0 Å². The van der Waals surface area contributed by atoms with E-state index in [0.717, 1.165) is 10.8 Å². The fourth-order valence-corrected chi connectivity index (χ4v) is 1.96. The quantitative estimate of drug-likeness (QED) is 0.847. The van der Waals surface area contributed by atoms with Crippen LogP contribution in [0.2, 0.25) is 0 Å². The lowest BCUT2D eigenvalue weighted by molar-refractivity contribution is -0.127. The molecule has 0 fully saturated rings. The minimum absolute atomic E-state index is 0.373. The molecule has 2 aromatic carbocycles. The average molecular weight is 300 g/mol. The molecule has 2 N–H and O–H groups in total. The van der Waals surface area contributed by atoms with Crippen LogP contribution in [0.15, 0.2) is 42.5 Å². The molecule has 0 saturated carbocycles. The molecule has 0 aliphatic rings. The zero-order valence-electron chi connectivity index (χ0n) is 12.3. The Morgan fingerprint density at radius 1 is 1.05 bits per heavy atom. The number of esters is 1. The molecule has 0 radical (unpaired) electrons. The van der Waals surface area contributed by atoms with Gasteiger partial charge in [0.1, 0.15) is 0 Å². The molecule has 6 nitrogen and oxygen atoms in total. The Balaban J connectivity index is 2.14. The molecule has 6 heteroatoms. The molecule has 0 unspecified atom stereocenters. The number of rotatable bonds is 3. The third-order valence-electron chi connectivity index (χ3n) is 3.13. The zero-order chi connectivity index (χ0) is 16.1. The monoisotopic (exact) mass is 300 g/mol. The summed E-state index contributed by atoms with van der Waals surface area (Å²) in [5, 5.41) is 5.95. The van der Waals surface area contributed by atoms with E-state index >= 15 is 0 Å². The fourth-order valence-electron chi connectivity index (χ4n) is 1.96. The van der Waals surface area contributed by atoms with Crippen molar-refractivity contribution in [3.63, 3.8) is 0 Å². The maximum Gasteiger partial charge on any atom is 0.339 e. The first-order chi connectivity index (χ1) is 10.5. The van der Waals surface area contributed by atoms with Gasteiger partial charge in [0.25, 0.3) is 5.91 Å². The number of nitrogens with one attached hydrogen (secondary N) is 2. The molecule has 2 aromatic rings. The summed E-state index contributed by atoms with van der Waals surface area (Å²) in [5.74, 6) is -1.30. The zero-order valence-corrected chi connectivity index (χ0v) is 12.3. The third kappa shape index (κ3) is 3.41. The Hall–Kier alpha value is -2.89. The largest absolute Gasteiger partial charge is 0.449 e. The summed E-state index contributed by atoms with van der Waals surface area (Å²) in [6.07, 6.45) is -1.08. The first-order valence-corrected chi connectivity index (χ1v) is 6.74. The van der Waals surface area contributed by atoms with Gasteiger partial charge in [-0.2, -0.15) is 0 Å². The number of ether oxygens (including phenoxy) is 1. The maximum atomic E-state index is 12.2. The highest BCUT2D eigenvalue weighted by Crippen LogP contribution is 2.19. The first-order valence-electron chi connectivity index (χ1n) is 6.74. The number of benzene rings is 2. The van der Waals surface area contributed by atoms with Gasteiger partial charge in [-0.1, -0.05) is 36.4 Å². The number of fused-ring (bicyclic) bond motifs is 1. The van der Waals surface area contributed by atoms with E-state index < -0.39 is 24.0 Å². The molecule has 0 bridgehead atoms. The smallest absolute Gasteiger partial charge is 0.339 e. The van der Waals surface area contributed by atoms with Crippen LogP contribution in [0.25, 0.3) is 10.8 Å². The standard InChI is InChI=1S/C16H16N2O4/c1-10(14(19)18-16(21)17-2)22-15(20)13-9-5-7-11-6-3-4-8-12(11)13/h3-10H,1-2H3,(H2,17,18,19,21)/t10-/m0/s1. The van der Waals surface area contributed by atoms with Gasteiger partial charge in [-0.05, 0) is 23.8 Å².